The Balaban J connectivity index is 2.41. The molecule has 1 heterocycles. The van der Waals surface area contributed by atoms with Crippen molar-refractivity contribution >= 4 is 21.3 Å². The zero-order chi connectivity index (χ0) is 16.3. The van der Waals surface area contributed by atoms with Crippen LogP contribution in [0.4, 0.5) is 11.5 Å². The normalized spacial score (nSPS) is 12.6. The predicted molar refractivity (Wildman–Crippen MR) is 82.5 cm³/mol. The van der Waals surface area contributed by atoms with Crippen LogP contribution in [0.3, 0.4) is 0 Å². The molecule has 0 radical (unpaired) electrons. The number of benzene rings is 1. The van der Waals surface area contributed by atoms with Gasteiger partial charge in [0, 0.05) is 12.3 Å². The van der Waals surface area contributed by atoms with Crippen molar-refractivity contribution in [2.75, 3.05) is 11.6 Å². The molecular weight excluding hydrogens is 306 g/mol. The van der Waals surface area contributed by atoms with E-state index < -0.39 is 14.8 Å². The first-order valence-electron chi connectivity index (χ1n) is 6.46. The molecule has 0 amide bonds. The Morgan fingerprint density at radius 2 is 1.82 bits per heavy atom. The molecule has 1 N–H and O–H groups in total. The van der Waals surface area contributed by atoms with E-state index in [1.165, 1.54) is 0 Å². The second-order valence-corrected chi connectivity index (χ2v) is 6.79. The van der Waals surface area contributed by atoms with Crippen LogP contribution in [0.2, 0.25) is 0 Å². The molecule has 0 fully saturated rings. The number of rotatable bonds is 5. The summed E-state index contributed by atoms with van der Waals surface area (Å²) in [4.78, 5) is 14.4. The zero-order valence-electron chi connectivity index (χ0n) is 12.1. The van der Waals surface area contributed by atoms with E-state index in [1.807, 2.05) is 37.3 Å². The molecule has 2 aromatic rings. The quantitative estimate of drug-likeness (QED) is 0.670. The Morgan fingerprint density at radius 1 is 1.18 bits per heavy atom. The summed E-state index contributed by atoms with van der Waals surface area (Å²) in [5.41, 5.74) is 0.638. The van der Waals surface area contributed by atoms with Gasteiger partial charge in [-0.2, -0.15) is 0 Å². The first kappa shape index (κ1) is 15.9. The monoisotopic (exact) mass is 321 g/mol. The Bertz CT molecular complexity index is 791. The van der Waals surface area contributed by atoms with Crippen molar-refractivity contribution in [1.29, 1.82) is 0 Å². The molecule has 2 rings (SSSR count). The highest BCUT2D eigenvalue weighted by atomic mass is 32.2. The van der Waals surface area contributed by atoms with Gasteiger partial charge in [0.15, 0.2) is 14.9 Å². The molecule has 22 heavy (non-hydrogen) atoms. The third-order valence-corrected chi connectivity index (χ3v) is 4.06. The molecular formula is C14H15N3O4S. The molecule has 8 heteroatoms. The van der Waals surface area contributed by atoms with Crippen LogP contribution in [0.1, 0.15) is 18.5 Å². The summed E-state index contributed by atoms with van der Waals surface area (Å²) in [5.74, 6) is -0.0655. The SMILES string of the molecule is CC(Nc1nc(S(C)(=O)=O)ccc1[N+](=O)[O-])c1ccccc1. The minimum Gasteiger partial charge on any atom is -0.358 e. The number of sulfone groups is 1. The summed E-state index contributed by atoms with van der Waals surface area (Å²) in [5, 5.41) is 13.8. The lowest BCUT2D eigenvalue weighted by Gasteiger charge is -2.15. The third-order valence-electron chi connectivity index (χ3n) is 3.08. The van der Waals surface area contributed by atoms with Gasteiger partial charge in [0.1, 0.15) is 0 Å². The average Bonchev–Trinajstić information content (AvgIpc) is 2.47. The van der Waals surface area contributed by atoms with Crippen LogP contribution in [-0.4, -0.2) is 24.6 Å². The van der Waals surface area contributed by atoms with Gasteiger partial charge in [-0.3, -0.25) is 10.1 Å². The van der Waals surface area contributed by atoms with E-state index in [9.17, 15) is 18.5 Å². The average molecular weight is 321 g/mol. The van der Waals surface area contributed by atoms with Crippen LogP contribution in [0.5, 0.6) is 0 Å². The highest BCUT2D eigenvalue weighted by Crippen LogP contribution is 2.27. The largest absolute Gasteiger partial charge is 0.358 e. The van der Waals surface area contributed by atoms with Crippen molar-refractivity contribution in [3.63, 3.8) is 0 Å². The van der Waals surface area contributed by atoms with Gasteiger partial charge in [0.05, 0.1) is 11.0 Å². The summed E-state index contributed by atoms with van der Waals surface area (Å²) in [7, 11) is -3.54. The second-order valence-electron chi connectivity index (χ2n) is 4.82. The molecule has 0 aliphatic rings. The minimum absolute atomic E-state index is 0.0655. The number of hydrogen-bond donors (Lipinski definition) is 1. The van der Waals surface area contributed by atoms with E-state index >= 15 is 0 Å². The molecule has 0 saturated carbocycles. The highest BCUT2D eigenvalue weighted by Gasteiger charge is 2.21. The molecule has 0 spiro atoms. The van der Waals surface area contributed by atoms with E-state index in [0.29, 0.717) is 0 Å². The molecule has 1 aromatic carbocycles. The number of anilines is 1. The minimum atomic E-state index is -3.54. The Kier molecular flexibility index (Phi) is 4.41. The van der Waals surface area contributed by atoms with Gasteiger partial charge >= 0.3 is 5.69 Å². The third kappa shape index (κ3) is 3.59. The summed E-state index contributed by atoms with van der Waals surface area (Å²) in [6, 6.07) is 11.3. The van der Waals surface area contributed by atoms with Crippen molar-refractivity contribution in [2.24, 2.45) is 0 Å². The Labute approximate surface area is 128 Å². The van der Waals surface area contributed by atoms with Crippen molar-refractivity contribution in [3.8, 4) is 0 Å². The van der Waals surface area contributed by atoms with Crippen LogP contribution in [0, 0.1) is 10.1 Å². The van der Waals surface area contributed by atoms with Crippen LogP contribution in [-0.2, 0) is 9.84 Å². The van der Waals surface area contributed by atoms with Crippen molar-refractivity contribution in [3.05, 3.63) is 58.1 Å². The van der Waals surface area contributed by atoms with E-state index in [2.05, 4.69) is 10.3 Å². The topological polar surface area (TPSA) is 102 Å². The molecule has 116 valence electrons. The number of nitrogens with one attached hydrogen (secondary N) is 1. The summed E-state index contributed by atoms with van der Waals surface area (Å²) < 4.78 is 23.1. The Hall–Kier alpha value is -2.48. The van der Waals surface area contributed by atoms with Gasteiger partial charge in [-0.25, -0.2) is 13.4 Å². The predicted octanol–water partition coefficient (Wildman–Crippen LogP) is 2.57. The summed E-state index contributed by atoms with van der Waals surface area (Å²) in [6.45, 7) is 1.81. The maximum atomic E-state index is 11.6. The van der Waals surface area contributed by atoms with E-state index in [-0.39, 0.29) is 22.6 Å². The van der Waals surface area contributed by atoms with E-state index in [4.69, 9.17) is 0 Å². The first-order valence-corrected chi connectivity index (χ1v) is 8.35. The standard InChI is InChI=1S/C14H15N3O4S/c1-10(11-6-4-3-5-7-11)15-14-12(17(18)19)8-9-13(16-14)22(2,20)21/h3-10H,1-2H3,(H,15,16). The lowest BCUT2D eigenvalue weighted by atomic mass is 10.1. The summed E-state index contributed by atoms with van der Waals surface area (Å²) in [6.07, 6.45) is 1.01. The molecule has 1 atom stereocenters. The number of pyridine rings is 1. The second kappa shape index (κ2) is 6.10. The van der Waals surface area contributed by atoms with Crippen molar-refractivity contribution < 1.29 is 13.3 Å². The van der Waals surface area contributed by atoms with E-state index in [0.717, 1.165) is 24.0 Å². The number of aromatic nitrogens is 1. The van der Waals surface area contributed by atoms with E-state index in [1.54, 1.807) is 0 Å². The first-order chi connectivity index (χ1) is 10.3. The lowest BCUT2D eigenvalue weighted by Crippen LogP contribution is -2.12. The van der Waals surface area contributed by atoms with Gasteiger partial charge in [0.25, 0.3) is 0 Å². The van der Waals surface area contributed by atoms with Crippen LogP contribution >= 0.6 is 0 Å². The maximum absolute atomic E-state index is 11.6. The summed E-state index contributed by atoms with van der Waals surface area (Å²) >= 11 is 0. The van der Waals surface area contributed by atoms with Gasteiger partial charge < -0.3 is 5.32 Å². The highest BCUT2D eigenvalue weighted by molar-refractivity contribution is 7.90. The fraction of sp³-hybridized carbons (Fsp3) is 0.214. The van der Waals surface area contributed by atoms with Gasteiger partial charge in [-0.05, 0) is 18.6 Å². The van der Waals surface area contributed by atoms with Gasteiger partial charge in [0.2, 0.25) is 5.82 Å². The van der Waals surface area contributed by atoms with Crippen molar-refractivity contribution in [1.82, 2.24) is 4.98 Å². The van der Waals surface area contributed by atoms with Gasteiger partial charge in [-0.15, -0.1) is 0 Å². The van der Waals surface area contributed by atoms with Crippen molar-refractivity contribution in [2.45, 2.75) is 18.0 Å². The number of nitrogens with zero attached hydrogens (tertiary/aromatic N) is 2. The fourth-order valence-electron chi connectivity index (χ4n) is 1.92. The maximum Gasteiger partial charge on any atom is 0.311 e. The Morgan fingerprint density at radius 3 is 2.36 bits per heavy atom. The number of hydrogen-bond acceptors (Lipinski definition) is 6. The molecule has 1 aromatic heterocycles. The molecule has 0 saturated heterocycles. The fourth-order valence-corrected chi connectivity index (χ4v) is 2.50. The molecule has 0 aliphatic carbocycles. The molecule has 7 nitrogen and oxygen atoms in total. The van der Waals surface area contributed by atoms with Crippen LogP contribution in [0.15, 0.2) is 47.5 Å². The molecule has 1 unspecified atom stereocenters. The van der Waals surface area contributed by atoms with Gasteiger partial charge in [-0.1, -0.05) is 30.3 Å². The van der Waals surface area contributed by atoms with Crippen LogP contribution < -0.4 is 5.32 Å². The lowest BCUT2D eigenvalue weighted by molar-refractivity contribution is -0.384. The van der Waals surface area contributed by atoms with Crippen LogP contribution in [0.25, 0.3) is 0 Å². The number of nitro groups is 1. The smallest absolute Gasteiger partial charge is 0.311 e. The molecule has 0 bridgehead atoms. The zero-order valence-corrected chi connectivity index (χ0v) is 12.9. The molecule has 0 aliphatic heterocycles.